The first-order valence-electron chi connectivity index (χ1n) is 10.9. The van der Waals surface area contributed by atoms with Gasteiger partial charge in [0.2, 0.25) is 10.0 Å². The largest absolute Gasteiger partial charge is 0.495 e. The summed E-state index contributed by atoms with van der Waals surface area (Å²) < 4.78 is 33.0. The minimum atomic E-state index is -3.65. The summed E-state index contributed by atoms with van der Waals surface area (Å²) in [6.45, 7) is 0.990. The minimum absolute atomic E-state index is 0.113. The number of carbonyl (C=O) groups is 1. The van der Waals surface area contributed by atoms with Crippen LogP contribution in [0.4, 0.5) is 5.69 Å². The average Bonchev–Trinajstić information content (AvgIpc) is 3.40. The molecule has 1 fully saturated rings. The Morgan fingerprint density at radius 1 is 1.00 bits per heavy atom. The second-order valence-electron chi connectivity index (χ2n) is 7.87. The van der Waals surface area contributed by atoms with Crippen molar-refractivity contribution in [2.45, 2.75) is 17.7 Å². The first-order chi connectivity index (χ1) is 16.4. The van der Waals surface area contributed by atoms with Crippen molar-refractivity contribution in [1.82, 2.24) is 4.31 Å². The molecule has 0 bridgehead atoms. The van der Waals surface area contributed by atoms with Crippen molar-refractivity contribution in [2.24, 2.45) is 0 Å². The quantitative estimate of drug-likeness (QED) is 0.355. The van der Waals surface area contributed by atoms with Crippen LogP contribution in [0.25, 0.3) is 11.6 Å². The van der Waals surface area contributed by atoms with Crippen LogP contribution in [0.1, 0.15) is 24.0 Å². The van der Waals surface area contributed by atoms with Gasteiger partial charge < -0.3 is 10.1 Å². The molecule has 1 heterocycles. The second kappa shape index (κ2) is 10.4. The molecule has 1 aliphatic rings. The molecular weight excluding hydrogens is 472 g/mol. The van der Waals surface area contributed by atoms with E-state index in [2.05, 4.69) is 5.32 Å². The number of amides is 1. The first kappa shape index (κ1) is 24.0. The van der Waals surface area contributed by atoms with Gasteiger partial charge in [-0.2, -0.15) is 4.31 Å². The van der Waals surface area contributed by atoms with Gasteiger partial charge >= 0.3 is 0 Å². The maximum atomic E-state index is 13.5. The molecule has 4 rings (SSSR count). The van der Waals surface area contributed by atoms with Gasteiger partial charge in [0.1, 0.15) is 5.75 Å². The summed E-state index contributed by atoms with van der Waals surface area (Å²) in [5, 5.41) is 3.36. The maximum absolute atomic E-state index is 13.5. The van der Waals surface area contributed by atoms with Gasteiger partial charge in [-0.15, -0.1) is 0 Å². The van der Waals surface area contributed by atoms with E-state index in [1.165, 1.54) is 23.5 Å². The van der Waals surface area contributed by atoms with Crippen LogP contribution in [-0.4, -0.2) is 38.8 Å². The lowest BCUT2D eigenvalue weighted by atomic mass is 10.0. The molecular formula is C26H25ClN2O4S. The fourth-order valence-corrected chi connectivity index (χ4v) is 5.59. The van der Waals surface area contributed by atoms with Crippen LogP contribution < -0.4 is 10.1 Å². The van der Waals surface area contributed by atoms with E-state index in [0.717, 1.165) is 12.8 Å². The van der Waals surface area contributed by atoms with Crippen LogP contribution in [0.3, 0.4) is 0 Å². The summed E-state index contributed by atoms with van der Waals surface area (Å²) in [5.41, 5.74) is 2.03. The van der Waals surface area contributed by atoms with Gasteiger partial charge in [-0.3, -0.25) is 4.79 Å². The van der Waals surface area contributed by atoms with E-state index in [0.29, 0.717) is 40.6 Å². The number of nitrogens with zero attached hydrogens (tertiary/aromatic N) is 1. The van der Waals surface area contributed by atoms with Crippen LogP contribution in [-0.2, 0) is 14.8 Å². The Balaban J connectivity index is 1.72. The lowest BCUT2D eigenvalue weighted by Crippen LogP contribution is -2.28. The van der Waals surface area contributed by atoms with E-state index in [4.69, 9.17) is 16.3 Å². The predicted octanol–water partition coefficient (Wildman–Crippen LogP) is 5.31. The van der Waals surface area contributed by atoms with Crippen LogP contribution in [0.2, 0.25) is 5.02 Å². The third-order valence-electron chi connectivity index (χ3n) is 5.66. The number of sulfonamides is 1. The van der Waals surface area contributed by atoms with Gasteiger partial charge in [0.05, 0.1) is 17.7 Å². The van der Waals surface area contributed by atoms with E-state index < -0.39 is 15.9 Å². The van der Waals surface area contributed by atoms with Gasteiger partial charge in [-0.05, 0) is 54.3 Å². The van der Waals surface area contributed by atoms with Gasteiger partial charge in [0.15, 0.2) is 0 Å². The van der Waals surface area contributed by atoms with E-state index in [1.807, 2.05) is 48.5 Å². The average molecular weight is 497 g/mol. The van der Waals surface area contributed by atoms with Crippen LogP contribution in [0.15, 0.2) is 77.7 Å². The zero-order valence-electron chi connectivity index (χ0n) is 18.7. The molecule has 0 aromatic heterocycles. The Hall–Kier alpha value is -3.13. The molecule has 0 radical (unpaired) electrons. The number of carbonyl (C=O) groups excluding carboxylic acids is 1. The monoisotopic (exact) mass is 496 g/mol. The van der Waals surface area contributed by atoms with E-state index in [9.17, 15) is 13.2 Å². The summed E-state index contributed by atoms with van der Waals surface area (Å²) >= 11 is 6.33. The van der Waals surface area contributed by atoms with E-state index in [1.54, 1.807) is 18.2 Å². The Labute approximate surface area is 204 Å². The first-order valence-corrected chi connectivity index (χ1v) is 12.7. The van der Waals surface area contributed by atoms with Crippen molar-refractivity contribution < 1.29 is 17.9 Å². The summed E-state index contributed by atoms with van der Waals surface area (Å²) in [4.78, 5) is 13.6. The molecule has 3 aromatic carbocycles. The maximum Gasteiger partial charge on any atom is 0.256 e. The molecule has 1 aliphatic heterocycles. The summed E-state index contributed by atoms with van der Waals surface area (Å²) in [6, 6.07) is 20.9. The molecule has 1 saturated heterocycles. The lowest BCUT2D eigenvalue weighted by Gasteiger charge is -2.18. The Bertz CT molecular complexity index is 1320. The normalized spacial score (nSPS) is 14.7. The van der Waals surface area contributed by atoms with Crippen molar-refractivity contribution in [3.63, 3.8) is 0 Å². The second-order valence-corrected chi connectivity index (χ2v) is 10.2. The molecule has 176 valence electrons. The third-order valence-corrected chi connectivity index (χ3v) is 7.90. The number of rotatable bonds is 7. The number of halogens is 1. The van der Waals surface area contributed by atoms with Crippen molar-refractivity contribution in [3.8, 4) is 5.75 Å². The van der Waals surface area contributed by atoms with Crippen LogP contribution >= 0.6 is 11.6 Å². The van der Waals surface area contributed by atoms with Crippen molar-refractivity contribution >= 4 is 44.9 Å². The summed E-state index contributed by atoms with van der Waals surface area (Å²) in [5.74, 6) is -0.0565. The molecule has 8 heteroatoms. The highest BCUT2D eigenvalue weighted by molar-refractivity contribution is 7.89. The van der Waals surface area contributed by atoms with E-state index >= 15 is 0 Å². The Morgan fingerprint density at radius 2 is 1.68 bits per heavy atom. The van der Waals surface area contributed by atoms with Crippen LogP contribution in [0, 0.1) is 0 Å². The molecule has 0 saturated carbocycles. The third kappa shape index (κ3) is 5.17. The van der Waals surface area contributed by atoms with Crippen LogP contribution in [0.5, 0.6) is 5.75 Å². The van der Waals surface area contributed by atoms with E-state index in [-0.39, 0.29) is 10.6 Å². The van der Waals surface area contributed by atoms with Gasteiger partial charge in [-0.1, -0.05) is 60.1 Å². The number of hydrogen-bond acceptors (Lipinski definition) is 4. The highest BCUT2D eigenvalue weighted by atomic mass is 35.5. The van der Waals surface area contributed by atoms with Gasteiger partial charge in [0, 0.05) is 23.7 Å². The number of nitrogens with one attached hydrogen (secondary N) is 1. The molecule has 0 unspecified atom stereocenters. The topological polar surface area (TPSA) is 75.7 Å². The summed E-state index contributed by atoms with van der Waals surface area (Å²) in [6.07, 6.45) is 3.39. The molecule has 1 amide bonds. The Kier molecular flexibility index (Phi) is 7.36. The highest BCUT2D eigenvalue weighted by Crippen LogP contribution is 2.32. The van der Waals surface area contributed by atoms with Gasteiger partial charge in [-0.25, -0.2) is 8.42 Å². The zero-order valence-corrected chi connectivity index (χ0v) is 20.3. The highest BCUT2D eigenvalue weighted by Gasteiger charge is 2.28. The number of anilines is 1. The Morgan fingerprint density at radius 3 is 2.35 bits per heavy atom. The SMILES string of the molecule is COc1ccc(S(=O)(=O)N2CCCC2)cc1NC(=O)/C(=C/c1ccccc1Cl)c1ccccc1. The lowest BCUT2D eigenvalue weighted by molar-refractivity contribution is -0.111. The molecule has 6 nitrogen and oxygen atoms in total. The molecule has 0 aliphatic carbocycles. The predicted molar refractivity (Wildman–Crippen MR) is 135 cm³/mol. The smallest absolute Gasteiger partial charge is 0.256 e. The molecule has 0 atom stereocenters. The van der Waals surface area contributed by atoms with Gasteiger partial charge in [0.25, 0.3) is 5.91 Å². The van der Waals surface area contributed by atoms with Crippen molar-refractivity contribution in [3.05, 3.63) is 88.9 Å². The molecule has 34 heavy (non-hydrogen) atoms. The number of methoxy groups -OCH3 is 1. The summed E-state index contributed by atoms with van der Waals surface area (Å²) in [7, 11) is -2.18. The van der Waals surface area contributed by atoms with Crippen molar-refractivity contribution in [2.75, 3.05) is 25.5 Å². The molecule has 1 N–H and O–H groups in total. The van der Waals surface area contributed by atoms with Crippen molar-refractivity contribution in [1.29, 1.82) is 0 Å². The molecule has 0 spiro atoms. The fraction of sp³-hybridized carbons (Fsp3) is 0.192. The number of hydrogen-bond donors (Lipinski definition) is 1. The minimum Gasteiger partial charge on any atom is -0.495 e. The molecule has 3 aromatic rings. The fourth-order valence-electron chi connectivity index (χ4n) is 3.86. The number of ether oxygens (including phenoxy) is 1. The zero-order chi connectivity index (χ0) is 24.1. The number of benzene rings is 3. The standard InChI is InChI=1S/C26H25ClN2O4S/c1-33-25-14-13-21(34(31,32)29-15-7-8-16-29)18-24(25)28-26(30)22(19-9-3-2-4-10-19)17-20-11-5-6-12-23(20)27/h2-6,9-14,17-18H,7-8,15-16H2,1H3,(H,28,30)/b22-17+.